The number of amides is 1. The van der Waals surface area contributed by atoms with Gasteiger partial charge in [-0.3, -0.25) is 10.2 Å². The van der Waals surface area contributed by atoms with E-state index in [1.54, 1.807) is 0 Å². The second-order valence-electron chi connectivity index (χ2n) is 4.04. The molecule has 6 nitrogen and oxygen atoms in total. The predicted octanol–water partition coefficient (Wildman–Crippen LogP) is 0.415. The lowest BCUT2D eigenvalue weighted by Crippen LogP contribution is -2.42. The van der Waals surface area contributed by atoms with Crippen molar-refractivity contribution in [3.8, 4) is 5.75 Å². The number of hydrazine groups is 1. The topological polar surface area (TPSA) is 84.5 Å². The van der Waals surface area contributed by atoms with Crippen LogP contribution in [0.1, 0.15) is 12.8 Å². The van der Waals surface area contributed by atoms with Crippen molar-refractivity contribution in [2.45, 2.75) is 17.7 Å². The largest absolute Gasteiger partial charge is 0.497 e. The van der Waals surface area contributed by atoms with Gasteiger partial charge < -0.3 is 4.74 Å². The van der Waals surface area contributed by atoms with Gasteiger partial charge in [0.1, 0.15) is 5.75 Å². The summed E-state index contributed by atoms with van der Waals surface area (Å²) in [6.45, 7) is 0. The van der Waals surface area contributed by atoms with Crippen LogP contribution in [-0.2, 0) is 14.8 Å². The van der Waals surface area contributed by atoms with E-state index in [2.05, 4.69) is 10.3 Å². The Morgan fingerprint density at radius 2 is 1.89 bits per heavy atom. The fourth-order valence-electron chi connectivity index (χ4n) is 1.38. The van der Waals surface area contributed by atoms with Gasteiger partial charge in [-0.15, -0.1) is 4.83 Å². The van der Waals surface area contributed by atoms with E-state index in [0.717, 1.165) is 12.8 Å². The number of hydrogen-bond acceptors (Lipinski definition) is 4. The molecule has 1 saturated carbocycles. The number of carbonyl (C=O) groups excluding carboxylic acids is 1. The van der Waals surface area contributed by atoms with Gasteiger partial charge in [-0.05, 0) is 37.1 Å². The van der Waals surface area contributed by atoms with Crippen molar-refractivity contribution in [3.63, 3.8) is 0 Å². The van der Waals surface area contributed by atoms with E-state index < -0.39 is 10.0 Å². The molecule has 1 aromatic rings. The van der Waals surface area contributed by atoms with E-state index in [1.807, 2.05) is 0 Å². The minimum atomic E-state index is -3.72. The molecule has 18 heavy (non-hydrogen) atoms. The van der Waals surface area contributed by atoms with Crippen LogP contribution >= 0.6 is 0 Å². The Labute approximate surface area is 105 Å². The minimum Gasteiger partial charge on any atom is -0.497 e. The Kier molecular flexibility index (Phi) is 3.53. The van der Waals surface area contributed by atoms with E-state index in [-0.39, 0.29) is 16.7 Å². The van der Waals surface area contributed by atoms with Crippen molar-refractivity contribution in [3.05, 3.63) is 24.3 Å². The van der Waals surface area contributed by atoms with Crippen LogP contribution in [-0.4, -0.2) is 21.4 Å². The number of methoxy groups -OCH3 is 1. The molecule has 0 heterocycles. The van der Waals surface area contributed by atoms with Gasteiger partial charge in [0.2, 0.25) is 5.91 Å². The van der Waals surface area contributed by atoms with Crippen molar-refractivity contribution < 1.29 is 17.9 Å². The molecule has 2 N–H and O–H groups in total. The molecular formula is C11H14N2O4S. The number of benzene rings is 1. The average Bonchev–Trinajstić information content (AvgIpc) is 3.20. The van der Waals surface area contributed by atoms with Crippen LogP contribution in [0.4, 0.5) is 0 Å². The number of rotatable bonds is 5. The normalized spacial score (nSPS) is 15.2. The fraction of sp³-hybridized carbons (Fsp3) is 0.364. The summed E-state index contributed by atoms with van der Waals surface area (Å²) >= 11 is 0. The van der Waals surface area contributed by atoms with E-state index in [1.165, 1.54) is 31.4 Å². The fourth-order valence-corrected chi connectivity index (χ4v) is 2.23. The molecule has 0 unspecified atom stereocenters. The lowest BCUT2D eigenvalue weighted by atomic mass is 10.3. The zero-order valence-electron chi connectivity index (χ0n) is 9.84. The van der Waals surface area contributed by atoms with Gasteiger partial charge in [-0.25, -0.2) is 8.42 Å². The third kappa shape index (κ3) is 2.99. The molecule has 98 valence electrons. The minimum absolute atomic E-state index is 0.0523. The van der Waals surface area contributed by atoms with Crippen LogP contribution in [0.2, 0.25) is 0 Å². The van der Waals surface area contributed by atoms with E-state index in [9.17, 15) is 13.2 Å². The first-order valence-corrected chi connectivity index (χ1v) is 6.97. The Morgan fingerprint density at radius 3 is 2.39 bits per heavy atom. The molecule has 0 bridgehead atoms. The lowest BCUT2D eigenvalue weighted by molar-refractivity contribution is -0.122. The van der Waals surface area contributed by atoms with Crippen LogP contribution < -0.4 is 15.0 Å². The molecule has 1 aromatic carbocycles. The molecule has 0 saturated heterocycles. The van der Waals surface area contributed by atoms with E-state index in [0.29, 0.717) is 5.75 Å². The zero-order valence-corrected chi connectivity index (χ0v) is 10.7. The Morgan fingerprint density at radius 1 is 1.28 bits per heavy atom. The highest BCUT2D eigenvalue weighted by molar-refractivity contribution is 7.89. The number of nitrogens with one attached hydrogen (secondary N) is 2. The summed E-state index contributed by atoms with van der Waals surface area (Å²) in [7, 11) is -2.23. The van der Waals surface area contributed by atoms with E-state index in [4.69, 9.17) is 4.74 Å². The van der Waals surface area contributed by atoms with Crippen molar-refractivity contribution in [1.29, 1.82) is 0 Å². The first-order chi connectivity index (χ1) is 8.53. The summed E-state index contributed by atoms with van der Waals surface area (Å²) in [6, 6.07) is 5.89. The molecular weight excluding hydrogens is 256 g/mol. The molecule has 2 rings (SSSR count). The molecule has 0 aliphatic heterocycles. The summed E-state index contributed by atoms with van der Waals surface area (Å²) < 4.78 is 28.6. The highest BCUT2D eigenvalue weighted by atomic mass is 32.2. The van der Waals surface area contributed by atoms with Gasteiger partial charge in [0.15, 0.2) is 0 Å². The first kappa shape index (κ1) is 12.8. The number of sulfonamides is 1. The molecule has 0 atom stereocenters. The van der Waals surface area contributed by atoms with Crippen molar-refractivity contribution in [2.24, 2.45) is 5.92 Å². The molecule has 0 radical (unpaired) electrons. The predicted molar refractivity (Wildman–Crippen MR) is 64.2 cm³/mol. The zero-order chi connectivity index (χ0) is 13.2. The SMILES string of the molecule is COc1ccc(S(=O)(=O)NNC(=O)C2CC2)cc1. The monoisotopic (exact) mass is 270 g/mol. The maximum absolute atomic E-state index is 11.8. The summed E-state index contributed by atoms with van der Waals surface area (Å²) in [5.74, 6) is 0.228. The summed E-state index contributed by atoms with van der Waals surface area (Å²) in [5.41, 5.74) is 2.20. The third-order valence-electron chi connectivity index (χ3n) is 2.63. The summed E-state index contributed by atoms with van der Waals surface area (Å²) in [5, 5.41) is 0. The second-order valence-corrected chi connectivity index (χ2v) is 5.73. The Bertz CT molecular complexity index is 535. The van der Waals surface area contributed by atoms with Crippen LogP contribution in [0.15, 0.2) is 29.2 Å². The summed E-state index contributed by atoms with van der Waals surface area (Å²) in [4.78, 5) is 13.5. The van der Waals surface area contributed by atoms with Crippen molar-refractivity contribution in [1.82, 2.24) is 10.3 Å². The maximum atomic E-state index is 11.8. The molecule has 7 heteroatoms. The van der Waals surface area contributed by atoms with Crippen LogP contribution in [0.3, 0.4) is 0 Å². The highest BCUT2D eigenvalue weighted by Crippen LogP contribution is 2.28. The number of carbonyl (C=O) groups is 1. The molecule has 1 aliphatic rings. The van der Waals surface area contributed by atoms with Gasteiger partial charge in [0.25, 0.3) is 10.0 Å². The van der Waals surface area contributed by atoms with Gasteiger partial charge in [-0.1, -0.05) is 0 Å². The molecule has 1 aliphatic carbocycles. The van der Waals surface area contributed by atoms with Crippen LogP contribution in [0.25, 0.3) is 0 Å². The number of hydrogen-bond donors (Lipinski definition) is 2. The smallest absolute Gasteiger partial charge is 0.257 e. The van der Waals surface area contributed by atoms with Crippen molar-refractivity contribution in [2.75, 3.05) is 7.11 Å². The molecule has 0 aromatic heterocycles. The second kappa shape index (κ2) is 4.95. The average molecular weight is 270 g/mol. The van der Waals surface area contributed by atoms with E-state index >= 15 is 0 Å². The quantitative estimate of drug-likeness (QED) is 0.759. The number of ether oxygens (including phenoxy) is 1. The van der Waals surface area contributed by atoms with Gasteiger partial charge >= 0.3 is 0 Å². The molecule has 0 spiro atoms. The molecule has 1 fully saturated rings. The lowest BCUT2D eigenvalue weighted by Gasteiger charge is -2.08. The summed E-state index contributed by atoms with van der Waals surface area (Å²) in [6.07, 6.45) is 1.63. The third-order valence-corrected chi connectivity index (χ3v) is 3.89. The standard InChI is InChI=1S/C11H14N2O4S/c1-17-9-4-6-10(7-5-9)18(15,16)13-12-11(14)8-2-3-8/h4-8,13H,2-3H2,1H3,(H,12,14). The van der Waals surface area contributed by atoms with Gasteiger partial charge in [0, 0.05) is 5.92 Å². The Balaban J connectivity index is 2.02. The van der Waals surface area contributed by atoms with Crippen molar-refractivity contribution >= 4 is 15.9 Å². The molecule has 1 amide bonds. The maximum Gasteiger partial charge on any atom is 0.257 e. The highest BCUT2D eigenvalue weighted by Gasteiger charge is 2.30. The van der Waals surface area contributed by atoms with Crippen LogP contribution in [0, 0.1) is 5.92 Å². The van der Waals surface area contributed by atoms with Gasteiger partial charge in [-0.2, -0.15) is 0 Å². The first-order valence-electron chi connectivity index (χ1n) is 5.48. The van der Waals surface area contributed by atoms with Crippen LogP contribution in [0.5, 0.6) is 5.75 Å². The Hall–Kier alpha value is -1.60. The van der Waals surface area contributed by atoms with Gasteiger partial charge in [0.05, 0.1) is 12.0 Å².